The molecule has 0 aliphatic rings. The average molecular weight is 482 g/mol. The Labute approximate surface area is 196 Å². The second kappa shape index (κ2) is 9.10. The molecule has 34 heavy (non-hydrogen) atoms. The van der Waals surface area contributed by atoms with Gasteiger partial charge >= 0.3 is 0 Å². The second-order valence-electron chi connectivity index (χ2n) is 7.59. The Morgan fingerprint density at radius 3 is 2.32 bits per heavy atom. The molecule has 176 valence electrons. The quantitative estimate of drug-likeness (QED) is 0.415. The molecule has 2 N–H and O–H groups in total. The molecule has 0 unspecified atom stereocenters. The van der Waals surface area contributed by atoms with Gasteiger partial charge in [0.25, 0.3) is 11.8 Å². The third-order valence-electron chi connectivity index (χ3n) is 5.17. The maximum Gasteiger partial charge on any atom is 0.270 e. The van der Waals surface area contributed by atoms with Crippen molar-refractivity contribution in [3.05, 3.63) is 48.7 Å². The molecule has 0 bridgehead atoms. The number of rotatable bonds is 7. The fourth-order valence-electron chi connectivity index (χ4n) is 3.19. The van der Waals surface area contributed by atoms with Crippen LogP contribution in [0.25, 0.3) is 34.3 Å². The zero-order valence-electron chi connectivity index (χ0n) is 19.0. The molecule has 2 aromatic carbocycles. The number of ether oxygens (including phenoxy) is 2. The van der Waals surface area contributed by atoms with Gasteiger partial charge in [0.2, 0.25) is 0 Å². The van der Waals surface area contributed by atoms with Crippen LogP contribution in [0, 0.1) is 0 Å². The summed E-state index contributed by atoms with van der Waals surface area (Å²) in [5.41, 5.74) is 7.95. The maximum atomic E-state index is 12.4. The molecule has 4 rings (SSSR count). The van der Waals surface area contributed by atoms with Gasteiger partial charge in [-0.3, -0.25) is 0 Å². The minimum atomic E-state index is -3.38. The molecule has 4 aromatic rings. The lowest BCUT2D eigenvalue weighted by Crippen LogP contribution is -2.13. The van der Waals surface area contributed by atoms with Crippen molar-refractivity contribution in [1.29, 1.82) is 0 Å². The van der Waals surface area contributed by atoms with E-state index in [1.54, 1.807) is 63.4 Å². The zero-order valence-corrected chi connectivity index (χ0v) is 19.8. The number of hydrogen-bond donors (Lipinski definition) is 1. The van der Waals surface area contributed by atoms with Crippen LogP contribution in [0.5, 0.6) is 11.5 Å². The van der Waals surface area contributed by atoms with Crippen LogP contribution in [0.3, 0.4) is 0 Å². The topological polar surface area (TPSA) is 143 Å². The third kappa shape index (κ3) is 4.29. The molecule has 0 radical (unpaired) electrons. The zero-order chi connectivity index (χ0) is 24.5. The summed E-state index contributed by atoms with van der Waals surface area (Å²) in [4.78, 5) is 8.97. The number of methoxy groups -OCH3 is 2. The van der Waals surface area contributed by atoms with Crippen molar-refractivity contribution in [1.82, 2.24) is 20.2 Å². The molecule has 0 amide bonds. The van der Waals surface area contributed by atoms with Gasteiger partial charge in [0.05, 0.1) is 41.8 Å². The van der Waals surface area contributed by atoms with Crippen molar-refractivity contribution in [3.8, 4) is 45.8 Å². The van der Waals surface area contributed by atoms with Crippen LogP contribution in [0.2, 0.25) is 0 Å². The van der Waals surface area contributed by atoms with Crippen LogP contribution in [0.15, 0.2) is 58.0 Å². The van der Waals surface area contributed by atoms with E-state index in [4.69, 9.17) is 19.6 Å². The normalized spacial score (nSPS) is 11.6. The van der Waals surface area contributed by atoms with Crippen molar-refractivity contribution >= 4 is 15.7 Å². The fraction of sp³-hybridized carbons (Fsp3) is 0.217. The second-order valence-corrected chi connectivity index (χ2v) is 10.1. The number of sulfone groups is 1. The Morgan fingerprint density at radius 1 is 0.971 bits per heavy atom. The van der Waals surface area contributed by atoms with Gasteiger partial charge in [0.15, 0.2) is 21.3 Å². The predicted molar refractivity (Wildman–Crippen MR) is 126 cm³/mol. The molecule has 0 aliphatic heterocycles. The monoisotopic (exact) mass is 481 g/mol. The van der Waals surface area contributed by atoms with Crippen LogP contribution in [0.1, 0.15) is 13.8 Å². The molecule has 0 saturated carbocycles. The van der Waals surface area contributed by atoms with Crippen LogP contribution in [-0.4, -0.2) is 48.1 Å². The van der Waals surface area contributed by atoms with E-state index in [-0.39, 0.29) is 28.2 Å². The molecular weight excluding hydrogens is 458 g/mol. The van der Waals surface area contributed by atoms with E-state index in [1.165, 1.54) is 13.3 Å². The van der Waals surface area contributed by atoms with Gasteiger partial charge in [-0.15, -0.1) is 10.2 Å². The number of aromatic nitrogens is 4. The number of hydrogen-bond acceptors (Lipinski definition) is 10. The number of benzene rings is 2. The molecule has 11 heteroatoms. The molecule has 2 heterocycles. The van der Waals surface area contributed by atoms with Crippen LogP contribution < -0.4 is 15.2 Å². The largest absolute Gasteiger partial charge is 0.497 e. The summed E-state index contributed by atoms with van der Waals surface area (Å²) in [6.07, 6.45) is 1.49. The SMILES string of the molecule is COc1ccc(-c2nnc(-c3nc(-c4ccc(S(=O)(=O)C(C)C)cc4)cnc3N)o2)c(OC)c1. The lowest BCUT2D eigenvalue weighted by atomic mass is 10.1. The van der Waals surface area contributed by atoms with Gasteiger partial charge in [-0.25, -0.2) is 18.4 Å². The first-order chi connectivity index (χ1) is 16.2. The molecule has 0 spiro atoms. The van der Waals surface area contributed by atoms with Gasteiger partial charge in [-0.05, 0) is 38.1 Å². The van der Waals surface area contributed by atoms with Crippen molar-refractivity contribution in [2.24, 2.45) is 0 Å². The Bertz CT molecular complexity index is 1430. The molecule has 2 aromatic heterocycles. The van der Waals surface area contributed by atoms with Crippen molar-refractivity contribution in [3.63, 3.8) is 0 Å². The Morgan fingerprint density at radius 2 is 1.68 bits per heavy atom. The first-order valence-corrected chi connectivity index (χ1v) is 11.8. The van der Waals surface area contributed by atoms with Crippen LogP contribution >= 0.6 is 0 Å². The van der Waals surface area contributed by atoms with Crippen LogP contribution in [0.4, 0.5) is 5.82 Å². The van der Waals surface area contributed by atoms with E-state index < -0.39 is 15.1 Å². The van der Waals surface area contributed by atoms with Crippen molar-refractivity contribution < 1.29 is 22.3 Å². The Balaban J connectivity index is 1.69. The van der Waals surface area contributed by atoms with E-state index in [0.717, 1.165) is 0 Å². The average Bonchev–Trinajstić information content (AvgIpc) is 3.33. The standard InChI is InChI=1S/C23H23N5O5S/c1-13(2)34(29,30)16-8-5-14(6-9-16)18-12-25-21(24)20(26-18)23-28-27-22(33-23)17-10-7-15(31-3)11-19(17)32-4/h5-13H,1-4H3,(H2,24,25). The molecular formula is C23H23N5O5S. The third-order valence-corrected chi connectivity index (χ3v) is 7.34. The van der Waals surface area contributed by atoms with Crippen molar-refractivity contribution in [2.45, 2.75) is 24.0 Å². The minimum Gasteiger partial charge on any atom is -0.497 e. The highest BCUT2D eigenvalue weighted by Crippen LogP contribution is 2.34. The smallest absolute Gasteiger partial charge is 0.270 e. The highest BCUT2D eigenvalue weighted by Gasteiger charge is 2.21. The summed E-state index contributed by atoms with van der Waals surface area (Å²) in [5, 5.41) is 7.66. The number of nitrogens with zero attached hydrogens (tertiary/aromatic N) is 4. The molecule has 0 atom stereocenters. The first kappa shape index (κ1) is 23.2. The van der Waals surface area contributed by atoms with Gasteiger partial charge in [-0.1, -0.05) is 12.1 Å². The lowest BCUT2D eigenvalue weighted by molar-refractivity contribution is 0.394. The first-order valence-electron chi connectivity index (χ1n) is 10.3. The summed E-state index contributed by atoms with van der Waals surface area (Å²) in [6.45, 7) is 3.28. The predicted octanol–water partition coefficient (Wildman–Crippen LogP) is 3.64. The van der Waals surface area contributed by atoms with E-state index in [0.29, 0.717) is 28.3 Å². The van der Waals surface area contributed by atoms with Crippen LogP contribution in [-0.2, 0) is 9.84 Å². The lowest BCUT2D eigenvalue weighted by Gasteiger charge is -2.09. The number of anilines is 1. The number of nitrogen functional groups attached to an aromatic ring is 1. The molecule has 10 nitrogen and oxygen atoms in total. The minimum absolute atomic E-state index is 0.0822. The Kier molecular flexibility index (Phi) is 6.20. The summed E-state index contributed by atoms with van der Waals surface area (Å²) in [7, 11) is -0.287. The highest BCUT2D eigenvalue weighted by atomic mass is 32.2. The van der Waals surface area contributed by atoms with Gasteiger partial charge in [-0.2, -0.15) is 0 Å². The summed E-state index contributed by atoms with van der Waals surface area (Å²) in [5.74, 6) is 1.52. The van der Waals surface area contributed by atoms with E-state index in [1.807, 2.05) is 0 Å². The molecule has 0 fully saturated rings. The van der Waals surface area contributed by atoms with E-state index in [9.17, 15) is 8.42 Å². The molecule has 0 aliphatic carbocycles. The number of nitrogens with two attached hydrogens (primary N) is 1. The molecule has 0 saturated heterocycles. The summed E-state index contributed by atoms with van der Waals surface area (Å²) >= 11 is 0. The Hall–Kier alpha value is -3.99. The summed E-state index contributed by atoms with van der Waals surface area (Å²) in [6, 6.07) is 11.6. The van der Waals surface area contributed by atoms with Gasteiger partial charge < -0.3 is 19.6 Å². The van der Waals surface area contributed by atoms with E-state index >= 15 is 0 Å². The maximum absolute atomic E-state index is 12.4. The van der Waals surface area contributed by atoms with Gasteiger partial charge in [0, 0.05) is 11.6 Å². The fourth-order valence-corrected chi connectivity index (χ4v) is 4.25. The van der Waals surface area contributed by atoms with Crippen molar-refractivity contribution in [2.75, 3.05) is 20.0 Å². The van der Waals surface area contributed by atoms with E-state index in [2.05, 4.69) is 20.2 Å². The summed E-state index contributed by atoms with van der Waals surface area (Å²) < 4.78 is 41.2. The van der Waals surface area contributed by atoms with Gasteiger partial charge in [0.1, 0.15) is 11.5 Å². The highest BCUT2D eigenvalue weighted by molar-refractivity contribution is 7.92.